The highest BCUT2D eigenvalue weighted by atomic mass is 79.9. The molecule has 1 heterocycles. The molecule has 1 aliphatic heterocycles. The number of benzene rings is 3. The lowest BCUT2D eigenvalue weighted by molar-refractivity contribution is -0.123. The molecule has 0 atom stereocenters. The van der Waals surface area contributed by atoms with E-state index in [4.69, 9.17) is 4.74 Å². The average molecular weight is 602 g/mol. The normalized spacial score (nSPS) is 14.5. The van der Waals surface area contributed by atoms with E-state index >= 15 is 0 Å². The van der Waals surface area contributed by atoms with Gasteiger partial charge in [-0.1, -0.05) is 30.3 Å². The number of carbonyl (C=O) groups excluding carboxylic acids is 2. The van der Waals surface area contributed by atoms with E-state index in [1.807, 2.05) is 0 Å². The third-order valence-electron chi connectivity index (χ3n) is 4.93. The van der Waals surface area contributed by atoms with Gasteiger partial charge < -0.3 is 4.74 Å². The van der Waals surface area contributed by atoms with Crippen LogP contribution in [-0.4, -0.2) is 16.0 Å². The van der Waals surface area contributed by atoms with Crippen molar-refractivity contribution in [3.05, 3.63) is 103 Å². The molecule has 0 saturated carbocycles. The van der Waals surface area contributed by atoms with Crippen LogP contribution in [0.4, 0.5) is 9.18 Å². The molecular formula is C25H15Br2FN2O3S. The fraction of sp³-hybridized carbons (Fsp3) is 0.0800. The lowest BCUT2D eigenvalue weighted by Gasteiger charge is -2.13. The lowest BCUT2D eigenvalue weighted by atomic mass is 10.1. The van der Waals surface area contributed by atoms with Gasteiger partial charge in [-0.25, -0.2) is 4.39 Å². The van der Waals surface area contributed by atoms with Gasteiger partial charge in [-0.2, -0.15) is 5.26 Å². The second-order valence-corrected chi connectivity index (χ2v) is 9.97. The standard InChI is InChI=1S/C25H15Br2FN2O3S/c26-20-9-16(10-21(27)23(20)33-14-15-4-3-7-19(28)8-15)11-22-24(31)30(25(32)34-22)13-18-6-2-1-5-17(18)12-29/h1-11H,13-14H2/b22-11+. The van der Waals surface area contributed by atoms with Crippen molar-refractivity contribution >= 4 is 60.8 Å². The molecule has 34 heavy (non-hydrogen) atoms. The number of hydrogen-bond donors (Lipinski definition) is 0. The largest absolute Gasteiger partial charge is 0.487 e. The first-order valence-electron chi connectivity index (χ1n) is 9.95. The number of imide groups is 1. The molecular weight excluding hydrogens is 587 g/mol. The van der Waals surface area contributed by atoms with Crippen molar-refractivity contribution < 1.29 is 18.7 Å². The number of halogens is 3. The van der Waals surface area contributed by atoms with E-state index in [2.05, 4.69) is 37.9 Å². The maximum atomic E-state index is 13.4. The molecule has 5 nitrogen and oxygen atoms in total. The van der Waals surface area contributed by atoms with E-state index in [-0.39, 0.29) is 23.9 Å². The minimum absolute atomic E-state index is 0.0337. The summed E-state index contributed by atoms with van der Waals surface area (Å²) in [6.07, 6.45) is 1.63. The minimum atomic E-state index is -0.415. The molecule has 3 aromatic rings. The molecule has 0 aliphatic carbocycles. The Kier molecular flexibility index (Phi) is 7.51. The Balaban J connectivity index is 1.52. The summed E-state index contributed by atoms with van der Waals surface area (Å²) < 4.78 is 20.5. The number of rotatable bonds is 6. The van der Waals surface area contributed by atoms with Crippen LogP contribution in [-0.2, 0) is 17.9 Å². The van der Waals surface area contributed by atoms with Gasteiger partial charge in [-0.05, 0) is 96.7 Å². The smallest absolute Gasteiger partial charge is 0.293 e. The number of thioether (sulfide) groups is 1. The van der Waals surface area contributed by atoms with E-state index in [1.165, 1.54) is 12.1 Å². The van der Waals surface area contributed by atoms with Gasteiger partial charge in [0.2, 0.25) is 0 Å². The molecule has 0 unspecified atom stereocenters. The van der Waals surface area contributed by atoms with Crippen molar-refractivity contribution in [1.82, 2.24) is 4.90 Å². The Bertz CT molecular complexity index is 1350. The third-order valence-corrected chi connectivity index (χ3v) is 7.02. The van der Waals surface area contributed by atoms with Gasteiger partial charge in [0, 0.05) is 0 Å². The minimum Gasteiger partial charge on any atom is -0.487 e. The molecule has 4 rings (SSSR count). The molecule has 0 bridgehead atoms. The highest BCUT2D eigenvalue weighted by Crippen LogP contribution is 2.38. The van der Waals surface area contributed by atoms with Crippen molar-refractivity contribution in [2.24, 2.45) is 0 Å². The molecule has 170 valence electrons. The molecule has 2 amide bonds. The van der Waals surface area contributed by atoms with E-state index in [1.54, 1.807) is 54.6 Å². The predicted molar refractivity (Wildman–Crippen MR) is 135 cm³/mol. The molecule has 0 N–H and O–H groups in total. The van der Waals surface area contributed by atoms with Gasteiger partial charge in [-0.3, -0.25) is 14.5 Å². The summed E-state index contributed by atoms with van der Waals surface area (Å²) in [5.41, 5.74) is 2.40. The van der Waals surface area contributed by atoms with E-state index < -0.39 is 11.1 Å². The molecule has 0 aromatic heterocycles. The molecule has 3 aromatic carbocycles. The number of amides is 2. The van der Waals surface area contributed by atoms with Crippen molar-refractivity contribution in [2.45, 2.75) is 13.2 Å². The van der Waals surface area contributed by atoms with Crippen LogP contribution in [0.5, 0.6) is 5.75 Å². The monoisotopic (exact) mass is 600 g/mol. The Labute approximate surface area is 216 Å². The molecule has 1 saturated heterocycles. The molecule has 1 aliphatic rings. The average Bonchev–Trinajstić information content (AvgIpc) is 3.06. The van der Waals surface area contributed by atoms with Gasteiger partial charge in [0.25, 0.3) is 11.1 Å². The van der Waals surface area contributed by atoms with E-state index in [9.17, 15) is 19.2 Å². The quantitative estimate of drug-likeness (QED) is 0.283. The molecule has 9 heteroatoms. The van der Waals surface area contributed by atoms with E-state index in [0.717, 1.165) is 16.7 Å². The van der Waals surface area contributed by atoms with Crippen LogP contribution in [0.25, 0.3) is 6.08 Å². The van der Waals surface area contributed by atoms with Crippen LogP contribution in [0.1, 0.15) is 22.3 Å². The zero-order valence-corrected chi connectivity index (χ0v) is 21.4. The summed E-state index contributed by atoms with van der Waals surface area (Å²) in [4.78, 5) is 26.8. The first-order valence-corrected chi connectivity index (χ1v) is 12.4. The lowest BCUT2D eigenvalue weighted by Crippen LogP contribution is -2.27. The van der Waals surface area contributed by atoms with Gasteiger partial charge in [0.05, 0.1) is 32.0 Å². The third kappa shape index (κ3) is 5.41. The summed E-state index contributed by atoms with van der Waals surface area (Å²) in [7, 11) is 0. The summed E-state index contributed by atoms with van der Waals surface area (Å²) in [5, 5.41) is 8.88. The fourth-order valence-electron chi connectivity index (χ4n) is 3.31. The van der Waals surface area contributed by atoms with Crippen molar-refractivity contribution in [2.75, 3.05) is 0 Å². The van der Waals surface area contributed by atoms with Gasteiger partial charge in [-0.15, -0.1) is 0 Å². The molecule has 1 fully saturated rings. The second-order valence-electron chi connectivity index (χ2n) is 7.27. The van der Waals surface area contributed by atoms with Gasteiger partial charge in [0.15, 0.2) is 0 Å². The predicted octanol–water partition coefficient (Wildman–Crippen LogP) is 7.04. The maximum Gasteiger partial charge on any atom is 0.293 e. The maximum absolute atomic E-state index is 13.4. The topological polar surface area (TPSA) is 70.4 Å². The summed E-state index contributed by atoms with van der Waals surface area (Å²) in [5.74, 6) is -0.219. The Morgan fingerprint density at radius 3 is 2.50 bits per heavy atom. The van der Waals surface area contributed by atoms with Gasteiger partial charge in [0.1, 0.15) is 18.2 Å². The number of hydrogen-bond acceptors (Lipinski definition) is 5. The summed E-state index contributed by atoms with van der Waals surface area (Å²) in [6.45, 7) is 0.212. The first-order chi connectivity index (χ1) is 16.4. The van der Waals surface area contributed by atoms with Crippen LogP contribution in [0.3, 0.4) is 0 Å². The van der Waals surface area contributed by atoms with Crippen LogP contribution >= 0.6 is 43.6 Å². The Morgan fingerprint density at radius 2 is 1.79 bits per heavy atom. The van der Waals surface area contributed by atoms with Crippen molar-refractivity contribution in [3.63, 3.8) is 0 Å². The van der Waals surface area contributed by atoms with E-state index in [0.29, 0.717) is 36.9 Å². The van der Waals surface area contributed by atoms with Crippen LogP contribution < -0.4 is 4.74 Å². The molecule has 0 radical (unpaired) electrons. The van der Waals surface area contributed by atoms with Crippen LogP contribution in [0, 0.1) is 17.1 Å². The summed E-state index contributed by atoms with van der Waals surface area (Å²) >= 11 is 7.81. The first kappa shape index (κ1) is 24.2. The zero-order chi connectivity index (χ0) is 24.2. The number of carbonyl (C=O) groups is 2. The molecule has 0 spiro atoms. The summed E-state index contributed by atoms with van der Waals surface area (Å²) in [6, 6.07) is 18.6. The SMILES string of the molecule is N#Cc1ccccc1CN1C(=O)S/C(=C/c2cc(Br)c(OCc3cccc(F)c3)c(Br)c2)C1=O. The van der Waals surface area contributed by atoms with Crippen molar-refractivity contribution in [3.8, 4) is 11.8 Å². The van der Waals surface area contributed by atoms with Crippen molar-refractivity contribution in [1.29, 1.82) is 5.26 Å². The van der Waals surface area contributed by atoms with Crippen LogP contribution in [0.2, 0.25) is 0 Å². The highest BCUT2D eigenvalue weighted by molar-refractivity contribution is 9.11. The zero-order valence-electron chi connectivity index (χ0n) is 17.4. The van der Waals surface area contributed by atoms with Crippen LogP contribution in [0.15, 0.2) is 74.5 Å². The number of nitrogens with zero attached hydrogens (tertiary/aromatic N) is 2. The number of ether oxygens (including phenoxy) is 1. The fourth-order valence-corrected chi connectivity index (χ4v) is 5.60. The highest BCUT2D eigenvalue weighted by Gasteiger charge is 2.35. The Morgan fingerprint density at radius 1 is 1.06 bits per heavy atom. The van der Waals surface area contributed by atoms with Gasteiger partial charge >= 0.3 is 0 Å². The Hall–Kier alpha value is -2.93. The second kappa shape index (κ2) is 10.6. The number of nitriles is 1.